The van der Waals surface area contributed by atoms with Crippen molar-refractivity contribution in [3.63, 3.8) is 0 Å². The van der Waals surface area contributed by atoms with Crippen LogP contribution in [0.15, 0.2) is 28.6 Å². The summed E-state index contributed by atoms with van der Waals surface area (Å²) in [5, 5.41) is 10.5. The van der Waals surface area contributed by atoms with E-state index in [1.54, 1.807) is 24.3 Å². The number of hydrogen-bond acceptors (Lipinski definition) is 10. The highest BCUT2D eigenvalue weighted by atomic mass is 32.2. The zero-order chi connectivity index (χ0) is 21.0. The Kier molecular flexibility index (Phi) is 6.59. The van der Waals surface area contributed by atoms with Gasteiger partial charge >= 0.3 is 5.97 Å². The minimum absolute atomic E-state index is 0.0748. The number of carbonyl (C=O) groups excluding carboxylic acids is 2. The number of carbonyl (C=O) groups is 2. The number of thioether (sulfide) groups is 1. The Morgan fingerprint density at radius 1 is 1.38 bits per heavy atom. The van der Waals surface area contributed by atoms with Crippen molar-refractivity contribution in [3.05, 3.63) is 24.3 Å². The number of fused-ring (bicyclic) bond motifs is 1. The number of rotatable bonds is 7. The van der Waals surface area contributed by atoms with Crippen molar-refractivity contribution in [1.82, 2.24) is 10.2 Å². The maximum atomic E-state index is 12.7. The van der Waals surface area contributed by atoms with E-state index in [9.17, 15) is 18.0 Å². The number of sulfonamides is 1. The molecule has 0 fully saturated rings. The highest BCUT2D eigenvalue weighted by molar-refractivity contribution is 8.01. The first-order valence-electron chi connectivity index (χ1n) is 8.44. The summed E-state index contributed by atoms with van der Waals surface area (Å²) in [5.41, 5.74) is 0.399. The normalized spacial score (nSPS) is 15.9. The van der Waals surface area contributed by atoms with E-state index in [-0.39, 0.29) is 23.2 Å². The van der Waals surface area contributed by atoms with Crippen molar-refractivity contribution in [3.8, 4) is 5.75 Å². The van der Waals surface area contributed by atoms with Gasteiger partial charge in [0.15, 0.2) is 10.4 Å². The molecule has 29 heavy (non-hydrogen) atoms. The lowest BCUT2D eigenvalue weighted by atomic mass is 10.2. The van der Waals surface area contributed by atoms with Gasteiger partial charge in [-0.15, -0.1) is 10.2 Å². The molecule has 1 aromatic heterocycles. The van der Waals surface area contributed by atoms with Gasteiger partial charge in [0.05, 0.1) is 30.8 Å². The van der Waals surface area contributed by atoms with E-state index in [1.807, 2.05) is 0 Å². The Bertz CT molecular complexity index is 1010. The van der Waals surface area contributed by atoms with Crippen molar-refractivity contribution < 1.29 is 27.5 Å². The standard InChI is InChI=1S/C16H18N4O6S3/c1-3-29(23,24)20-8-12(26-11-7-5-4-6-10(11)20)14(22)17-15-18-19-16(28-15)27-9-13(21)25-2/h4-7,12H,3,8-9H2,1-2H3,(H,17,18,22). The summed E-state index contributed by atoms with van der Waals surface area (Å²) in [6.45, 7) is 1.39. The number of para-hydroxylation sites is 2. The second-order valence-corrected chi connectivity index (χ2v) is 10.1. The molecule has 10 nitrogen and oxygen atoms in total. The molecule has 0 bridgehead atoms. The Labute approximate surface area is 175 Å². The molecule has 0 spiro atoms. The summed E-state index contributed by atoms with van der Waals surface area (Å²) in [5.74, 6) is -0.667. The molecule has 0 saturated heterocycles. The maximum absolute atomic E-state index is 12.7. The lowest BCUT2D eigenvalue weighted by Gasteiger charge is -2.34. The van der Waals surface area contributed by atoms with Crippen LogP contribution in [0, 0.1) is 0 Å². The Morgan fingerprint density at radius 3 is 2.86 bits per heavy atom. The van der Waals surface area contributed by atoms with Gasteiger partial charge in [0.1, 0.15) is 5.75 Å². The van der Waals surface area contributed by atoms with Gasteiger partial charge in [-0.3, -0.25) is 19.2 Å². The summed E-state index contributed by atoms with van der Waals surface area (Å²) in [4.78, 5) is 23.8. The molecule has 0 radical (unpaired) electrons. The molecule has 1 aliphatic rings. The number of ether oxygens (including phenoxy) is 2. The lowest BCUT2D eigenvalue weighted by molar-refractivity contribution is -0.137. The average Bonchev–Trinajstić information content (AvgIpc) is 3.18. The molecule has 2 aromatic rings. The first-order valence-corrected chi connectivity index (χ1v) is 11.8. The first-order chi connectivity index (χ1) is 13.8. The Hall–Kier alpha value is -2.38. The van der Waals surface area contributed by atoms with Crippen LogP contribution < -0.4 is 14.4 Å². The van der Waals surface area contributed by atoms with E-state index in [0.29, 0.717) is 15.8 Å². The molecular formula is C16H18N4O6S3. The SMILES string of the molecule is CCS(=O)(=O)N1CC(C(=O)Nc2nnc(SCC(=O)OC)s2)Oc2ccccc21. The van der Waals surface area contributed by atoms with Crippen LogP contribution in [0.25, 0.3) is 0 Å². The first kappa shape index (κ1) is 21.3. The molecule has 13 heteroatoms. The predicted molar refractivity (Wildman–Crippen MR) is 109 cm³/mol. The third-order valence-corrected chi connectivity index (χ3v) is 7.60. The smallest absolute Gasteiger partial charge is 0.316 e. The number of anilines is 2. The van der Waals surface area contributed by atoms with Crippen LogP contribution in [-0.2, 0) is 24.3 Å². The average molecular weight is 459 g/mol. The van der Waals surface area contributed by atoms with Crippen LogP contribution in [0.5, 0.6) is 5.75 Å². The molecule has 0 saturated carbocycles. The van der Waals surface area contributed by atoms with Gasteiger partial charge < -0.3 is 9.47 Å². The van der Waals surface area contributed by atoms with Gasteiger partial charge in [-0.05, 0) is 19.1 Å². The van der Waals surface area contributed by atoms with E-state index in [2.05, 4.69) is 20.3 Å². The van der Waals surface area contributed by atoms with E-state index in [4.69, 9.17) is 4.74 Å². The monoisotopic (exact) mass is 458 g/mol. The number of amides is 1. The van der Waals surface area contributed by atoms with Gasteiger partial charge in [-0.2, -0.15) is 0 Å². The van der Waals surface area contributed by atoms with Gasteiger partial charge in [-0.25, -0.2) is 8.42 Å². The summed E-state index contributed by atoms with van der Waals surface area (Å²) in [6.07, 6.45) is -1.05. The van der Waals surface area contributed by atoms with Gasteiger partial charge in [0.25, 0.3) is 5.91 Å². The number of nitrogens with zero attached hydrogens (tertiary/aromatic N) is 3. The Balaban J connectivity index is 1.72. The van der Waals surface area contributed by atoms with Crippen LogP contribution in [-0.4, -0.2) is 61.8 Å². The molecule has 156 valence electrons. The molecular weight excluding hydrogens is 440 g/mol. The number of aromatic nitrogens is 2. The van der Waals surface area contributed by atoms with Crippen LogP contribution in [0.2, 0.25) is 0 Å². The van der Waals surface area contributed by atoms with Crippen molar-refractivity contribution in [2.75, 3.05) is 34.8 Å². The van der Waals surface area contributed by atoms with Crippen molar-refractivity contribution in [1.29, 1.82) is 0 Å². The molecule has 1 N–H and O–H groups in total. The molecule has 1 amide bonds. The van der Waals surface area contributed by atoms with Gasteiger partial charge in [0.2, 0.25) is 15.2 Å². The summed E-state index contributed by atoms with van der Waals surface area (Å²) >= 11 is 2.22. The topological polar surface area (TPSA) is 128 Å². The fourth-order valence-corrected chi connectivity index (χ4v) is 5.15. The number of benzene rings is 1. The highest BCUT2D eigenvalue weighted by Gasteiger charge is 2.36. The number of hydrogen-bond donors (Lipinski definition) is 1. The maximum Gasteiger partial charge on any atom is 0.316 e. The number of esters is 1. The van der Waals surface area contributed by atoms with E-state index < -0.39 is 28.0 Å². The van der Waals surface area contributed by atoms with Crippen LogP contribution >= 0.6 is 23.1 Å². The fraction of sp³-hybridized carbons (Fsp3) is 0.375. The number of methoxy groups -OCH3 is 1. The molecule has 1 aliphatic heterocycles. The summed E-state index contributed by atoms with van der Waals surface area (Å²) in [7, 11) is -2.30. The largest absolute Gasteiger partial charge is 0.476 e. The van der Waals surface area contributed by atoms with Crippen molar-refractivity contribution >= 4 is 55.8 Å². The molecule has 3 rings (SSSR count). The van der Waals surface area contributed by atoms with E-state index in [0.717, 1.165) is 23.1 Å². The molecule has 2 heterocycles. The Morgan fingerprint density at radius 2 is 2.14 bits per heavy atom. The second kappa shape index (κ2) is 8.97. The third kappa shape index (κ3) is 4.97. The molecule has 0 aliphatic carbocycles. The van der Waals surface area contributed by atoms with E-state index >= 15 is 0 Å². The summed E-state index contributed by atoms with van der Waals surface area (Å²) < 4.78 is 36.9. The third-order valence-electron chi connectivity index (χ3n) is 3.91. The minimum atomic E-state index is -3.59. The molecule has 1 unspecified atom stereocenters. The zero-order valence-corrected chi connectivity index (χ0v) is 18.0. The van der Waals surface area contributed by atoms with Crippen molar-refractivity contribution in [2.45, 2.75) is 17.4 Å². The molecule has 1 aromatic carbocycles. The van der Waals surface area contributed by atoms with Crippen LogP contribution in [0.1, 0.15) is 6.92 Å². The fourth-order valence-electron chi connectivity index (χ4n) is 2.44. The van der Waals surface area contributed by atoms with Gasteiger partial charge in [0, 0.05) is 0 Å². The minimum Gasteiger partial charge on any atom is -0.476 e. The van der Waals surface area contributed by atoms with Crippen LogP contribution in [0.3, 0.4) is 0 Å². The lowest BCUT2D eigenvalue weighted by Crippen LogP contribution is -2.49. The van der Waals surface area contributed by atoms with Crippen molar-refractivity contribution in [2.24, 2.45) is 0 Å². The highest BCUT2D eigenvalue weighted by Crippen LogP contribution is 2.35. The predicted octanol–water partition coefficient (Wildman–Crippen LogP) is 1.36. The second-order valence-electron chi connectivity index (χ2n) is 5.73. The number of nitrogens with one attached hydrogen (secondary N) is 1. The quantitative estimate of drug-likeness (QED) is 0.371. The van der Waals surface area contributed by atoms with Gasteiger partial charge in [-0.1, -0.05) is 35.2 Å². The summed E-state index contributed by atoms with van der Waals surface area (Å²) in [6, 6.07) is 6.65. The van der Waals surface area contributed by atoms with Crippen LogP contribution in [0.4, 0.5) is 10.8 Å². The van der Waals surface area contributed by atoms with E-state index in [1.165, 1.54) is 18.3 Å². The zero-order valence-electron chi connectivity index (χ0n) is 15.5. The molecule has 1 atom stereocenters.